The monoisotopic (exact) mass is 228 g/mol. The zero-order chi connectivity index (χ0) is 12.1. The molecule has 0 radical (unpaired) electrons. The maximum absolute atomic E-state index is 11.3. The molecule has 0 atom stereocenters. The first-order chi connectivity index (χ1) is 7.54. The lowest BCUT2D eigenvalue weighted by atomic mass is 10.4. The SMILES string of the molecule is CCOC(=O)C(=O)N(C)CC(=O)NC1CC1. The number of rotatable bonds is 4. The van der Waals surface area contributed by atoms with Crippen LogP contribution in [0.2, 0.25) is 0 Å². The van der Waals surface area contributed by atoms with E-state index >= 15 is 0 Å². The molecule has 0 heterocycles. The van der Waals surface area contributed by atoms with E-state index in [0.717, 1.165) is 17.7 Å². The van der Waals surface area contributed by atoms with Crippen LogP contribution in [-0.2, 0) is 19.1 Å². The van der Waals surface area contributed by atoms with Crippen LogP contribution >= 0.6 is 0 Å². The van der Waals surface area contributed by atoms with Crippen molar-refractivity contribution >= 4 is 17.8 Å². The molecule has 0 aliphatic heterocycles. The van der Waals surface area contributed by atoms with Gasteiger partial charge in [0.2, 0.25) is 5.91 Å². The van der Waals surface area contributed by atoms with E-state index in [0.29, 0.717) is 0 Å². The maximum Gasteiger partial charge on any atom is 0.397 e. The Morgan fingerprint density at radius 1 is 1.38 bits per heavy atom. The number of hydrogen-bond donors (Lipinski definition) is 1. The highest BCUT2D eigenvalue weighted by atomic mass is 16.5. The van der Waals surface area contributed by atoms with Gasteiger partial charge in [0.15, 0.2) is 0 Å². The number of likely N-dealkylation sites (N-methyl/N-ethyl adjacent to an activating group) is 1. The summed E-state index contributed by atoms with van der Waals surface area (Å²) in [5, 5.41) is 2.73. The first-order valence-electron chi connectivity index (χ1n) is 5.26. The fraction of sp³-hybridized carbons (Fsp3) is 0.700. The third-order valence-electron chi connectivity index (χ3n) is 2.12. The van der Waals surface area contributed by atoms with Gasteiger partial charge >= 0.3 is 11.9 Å². The lowest BCUT2D eigenvalue weighted by Crippen LogP contribution is -2.42. The van der Waals surface area contributed by atoms with Crippen molar-refractivity contribution in [1.82, 2.24) is 10.2 Å². The van der Waals surface area contributed by atoms with Crippen LogP contribution < -0.4 is 5.32 Å². The predicted octanol–water partition coefficient (Wildman–Crippen LogP) is -0.713. The quantitative estimate of drug-likeness (QED) is 0.509. The summed E-state index contributed by atoms with van der Waals surface area (Å²) in [5.74, 6) is -1.97. The van der Waals surface area contributed by atoms with Gasteiger partial charge in [-0.1, -0.05) is 0 Å². The zero-order valence-electron chi connectivity index (χ0n) is 9.49. The molecule has 1 aliphatic carbocycles. The fourth-order valence-corrected chi connectivity index (χ4v) is 1.14. The highest BCUT2D eigenvalue weighted by Gasteiger charge is 2.26. The van der Waals surface area contributed by atoms with Crippen LogP contribution in [0.1, 0.15) is 19.8 Å². The van der Waals surface area contributed by atoms with Crippen molar-refractivity contribution in [3.63, 3.8) is 0 Å². The van der Waals surface area contributed by atoms with Gasteiger partial charge in [0, 0.05) is 13.1 Å². The summed E-state index contributed by atoms with van der Waals surface area (Å²) < 4.78 is 4.54. The third kappa shape index (κ3) is 3.88. The van der Waals surface area contributed by atoms with E-state index in [-0.39, 0.29) is 25.1 Å². The van der Waals surface area contributed by atoms with E-state index in [1.165, 1.54) is 7.05 Å². The molecule has 0 aromatic rings. The van der Waals surface area contributed by atoms with Crippen LogP contribution in [0.3, 0.4) is 0 Å². The molecule has 16 heavy (non-hydrogen) atoms. The Hall–Kier alpha value is -1.59. The molecular weight excluding hydrogens is 212 g/mol. The Morgan fingerprint density at radius 3 is 2.50 bits per heavy atom. The molecule has 0 spiro atoms. The number of esters is 1. The molecule has 90 valence electrons. The van der Waals surface area contributed by atoms with Gasteiger partial charge in [0.1, 0.15) is 0 Å². The number of carbonyl (C=O) groups excluding carboxylic acids is 3. The van der Waals surface area contributed by atoms with Gasteiger partial charge < -0.3 is 15.0 Å². The molecule has 2 amide bonds. The van der Waals surface area contributed by atoms with E-state index in [1.807, 2.05) is 0 Å². The van der Waals surface area contributed by atoms with Gasteiger partial charge in [-0.05, 0) is 19.8 Å². The Bertz CT molecular complexity index is 299. The summed E-state index contributed by atoms with van der Waals surface area (Å²) in [6.45, 7) is 1.64. The van der Waals surface area contributed by atoms with E-state index < -0.39 is 11.9 Å². The highest BCUT2D eigenvalue weighted by molar-refractivity contribution is 6.32. The molecular formula is C10H16N2O4. The first-order valence-corrected chi connectivity index (χ1v) is 5.26. The summed E-state index contributed by atoms with van der Waals surface area (Å²) in [6.07, 6.45) is 1.97. The van der Waals surface area contributed by atoms with Crippen molar-refractivity contribution in [3.8, 4) is 0 Å². The molecule has 0 saturated heterocycles. The Labute approximate surface area is 93.9 Å². The minimum absolute atomic E-state index is 0.117. The van der Waals surface area contributed by atoms with E-state index in [1.54, 1.807) is 6.92 Å². The number of carbonyl (C=O) groups is 3. The number of nitrogens with zero attached hydrogens (tertiary/aromatic N) is 1. The number of amides is 2. The molecule has 6 heteroatoms. The molecule has 6 nitrogen and oxygen atoms in total. The highest BCUT2D eigenvalue weighted by Crippen LogP contribution is 2.18. The van der Waals surface area contributed by atoms with Crippen LogP contribution in [0, 0.1) is 0 Å². The largest absolute Gasteiger partial charge is 0.459 e. The summed E-state index contributed by atoms with van der Waals surface area (Å²) in [6, 6.07) is 0.249. The van der Waals surface area contributed by atoms with E-state index in [9.17, 15) is 14.4 Å². The van der Waals surface area contributed by atoms with E-state index in [4.69, 9.17) is 0 Å². The minimum Gasteiger partial charge on any atom is -0.459 e. The zero-order valence-corrected chi connectivity index (χ0v) is 9.49. The molecule has 1 fully saturated rings. The third-order valence-corrected chi connectivity index (χ3v) is 2.12. The Kier molecular flexibility index (Phi) is 4.28. The van der Waals surface area contributed by atoms with E-state index in [2.05, 4.69) is 10.1 Å². The van der Waals surface area contributed by atoms with Gasteiger partial charge in [0.05, 0.1) is 13.2 Å². The second kappa shape index (κ2) is 5.48. The second-order valence-electron chi connectivity index (χ2n) is 3.72. The maximum atomic E-state index is 11.3. The van der Waals surface area contributed by atoms with Crippen LogP contribution in [0.4, 0.5) is 0 Å². The molecule has 1 rings (SSSR count). The van der Waals surface area contributed by atoms with Gasteiger partial charge in [-0.15, -0.1) is 0 Å². The predicted molar refractivity (Wildman–Crippen MR) is 55.4 cm³/mol. The van der Waals surface area contributed by atoms with Crippen molar-refractivity contribution in [3.05, 3.63) is 0 Å². The first kappa shape index (κ1) is 12.5. The fourth-order valence-electron chi connectivity index (χ4n) is 1.14. The average Bonchev–Trinajstić information content (AvgIpc) is 3.00. The van der Waals surface area contributed by atoms with Gasteiger partial charge in [-0.2, -0.15) is 0 Å². The Morgan fingerprint density at radius 2 is 2.00 bits per heavy atom. The average molecular weight is 228 g/mol. The van der Waals surface area contributed by atoms with Gasteiger partial charge in [0.25, 0.3) is 0 Å². The van der Waals surface area contributed by atoms with Gasteiger partial charge in [-0.3, -0.25) is 9.59 Å². The summed E-state index contributed by atoms with van der Waals surface area (Å²) in [5.41, 5.74) is 0. The lowest BCUT2D eigenvalue weighted by Gasteiger charge is -2.15. The lowest BCUT2D eigenvalue weighted by molar-refractivity contribution is -0.159. The number of ether oxygens (including phenoxy) is 1. The van der Waals surface area contributed by atoms with Crippen LogP contribution in [0.15, 0.2) is 0 Å². The molecule has 0 bridgehead atoms. The van der Waals surface area contributed by atoms with Crippen molar-refractivity contribution in [2.75, 3.05) is 20.2 Å². The standard InChI is InChI=1S/C10H16N2O4/c1-3-16-10(15)9(14)12(2)6-8(13)11-7-4-5-7/h7H,3-6H2,1-2H3,(H,11,13). The summed E-state index contributed by atoms with van der Waals surface area (Å²) in [7, 11) is 1.39. The molecule has 0 unspecified atom stereocenters. The van der Waals surface area contributed by atoms with Crippen LogP contribution in [-0.4, -0.2) is 48.9 Å². The topological polar surface area (TPSA) is 75.7 Å². The van der Waals surface area contributed by atoms with Crippen molar-refractivity contribution in [2.24, 2.45) is 0 Å². The molecule has 0 aromatic carbocycles. The summed E-state index contributed by atoms with van der Waals surface area (Å²) >= 11 is 0. The molecule has 1 N–H and O–H groups in total. The number of hydrogen-bond acceptors (Lipinski definition) is 4. The second-order valence-corrected chi connectivity index (χ2v) is 3.72. The minimum atomic E-state index is -0.927. The smallest absolute Gasteiger partial charge is 0.397 e. The molecule has 1 saturated carbocycles. The normalized spacial score (nSPS) is 14.1. The Balaban J connectivity index is 2.31. The molecule has 0 aromatic heterocycles. The van der Waals surface area contributed by atoms with Crippen molar-refractivity contribution in [2.45, 2.75) is 25.8 Å². The van der Waals surface area contributed by atoms with Gasteiger partial charge in [-0.25, -0.2) is 4.79 Å². The van der Waals surface area contributed by atoms with Crippen molar-refractivity contribution < 1.29 is 19.1 Å². The summed E-state index contributed by atoms with van der Waals surface area (Å²) in [4.78, 5) is 34.8. The number of nitrogens with one attached hydrogen (secondary N) is 1. The van der Waals surface area contributed by atoms with Crippen LogP contribution in [0.25, 0.3) is 0 Å². The van der Waals surface area contributed by atoms with Crippen molar-refractivity contribution in [1.29, 1.82) is 0 Å². The molecule has 1 aliphatic rings. The van der Waals surface area contributed by atoms with Crippen LogP contribution in [0.5, 0.6) is 0 Å².